The van der Waals surface area contributed by atoms with Crippen LogP contribution in [0.2, 0.25) is 30.1 Å². The number of likely N-dealkylation sites (tertiary alicyclic amines) is 2. The second-order valence-corrected chi connectivity index (χ2v) is 31.7. The summed E-state index contributed by atoms with van der Waals surface area (Å²) in [6, 6.07) is 34.6. The van der Waals surface area contributed by atoms with Gasteiger partial charge in [0.2, 0.25) is 17.8 Å². The maximum absolute atomic E-state index is 6.47. The van der Waals surface area contributed by atoms with Crippen LogP contribution < -0.4 is 16.0 Å². The van der Waals surface area contributed by atoms with E-state index in [1.54, 1.807) is 0 Å². The Bertz CT molecular complexity index is 4560. The first kappa shape index (κ1) is 77.0. The summed E-state index contributed by atoms with van der Waals surface area (Å²) in [5.41, 5.74) is 12.5. The summed E-state index contributed by atoms with van der Waals surface area (Å²) in [7, 11) is 4.39. The Hall–Kier alpha value is -7.19. The van der Waals surface area contributed by atoms with Crippen molar-refractivity contribution < 1.29 is 0 Å². The monoisotopic (exact) mass is 1540 g/mol. The van der Waals surface area contributed by atoms with Gasteiger partial charge in [0.05, 0.1) is 87.4 Å². The zero-order valence-corrected chi connectivity index (χ0v) is 66.5. The summed E-state index contributed by atoms with van der Waals surface area (Å²) >= 11 is 38.1. The van der Waals surface area contributed by atoms with Crippen molar-refractivity contribution >= 4 is 87.5 Å². The third-order valence-electron chi connectivity index (χ3n) is 21.2. The average Bonchev–Trinajstić information content (AvgIpc) is 1.61. The summed E-state index contributed by atoms with van der Waals surface area (Å²) in [6.07, 6.45) is 27.8. The minimum absolute atomic E-state index is 0.0661. The Morgan fingerprint density at radius 1 is 0.387 bits per heavy atom. The van der Waals surface area contributed by atoms with Gasteiger partial charge in [0.1, 0.15) is 17.5 Å². The molecule has 5 fully saturated rings. The topological polar surface area (TPSA) is 173 Å². The molecule has 3 aliphatic carbocycles. The molecular formula is C83H99Cl6N17. The van der Waals surface area contributed by atoms with Gasteiger partial charge in [-0.25, -0.2) is 44.9 Å². The molecule has 23 heteroatoms. The summed E-state index contributed by atoms with van der Waals surface area (Å²) in [5.74, 6) is 6.73. The molecule has 558 valence electrons. The molecule has 1 atom stereocenters. The highest BCUT2D eigenvalue weighted by Crippen LogP contribution is 2.44. The highest BCUT2D eigenvalue weighted by Gasteiger charge is 2.33. The molecule has 0 radical (unpaired) electrons. The minimum Gasteiger partial charge on any atom is -0.351 e. The number of nitrogens with zero attached hydrogens (tertiary/aromatic N) is 14. The van der Waals surface area contributed by atoms with Gasteiger partial charge in [0.25, 0.3) is 0 Å². The van der Waals surface area contributed by atoms with Crippen molar-refractivity contribution in [3.63, 3.8) is 0 Å². The molecule has 8 heterocycles. The highest BCUT2D eigenvalue weighted by atomic mass is 35.5. The number of rotatable bonds is 22. The Labute approximate surface area is 655 Å². The lowest BCUT2D eigenvalue weighted by Crippen LogP contribution is -2.30. The van der Waals surface area contributed by atoms with E-state index < -0.39 is 0 Å². The van der Waals surface area contributed by atoms with Gasteiger partial charge in [-0.1, -0.05) is 177 Å². The molecule has 0 unspecified atom stereocenters. The molecule has 2 saturated heterocycles. The molecule has 6 aromatic heterocycles. The van der Waals surface area contributed by atoms with E-state index in [2.05, 4.69) is 108 Å². The van der Waals surface area contributed by atoms with Crippen LogP contribution in [-0.4, -0.2) is 121 Å². The molecule has 3 N–H and O–H groups in total. The van der Waals surface area contributed by atoms with Crippen molar-refractivity contribution in [3.8, 4) is 67.9 Å². The van der Waals surface area contributed by atoms with Gasteiger partial charge in [-0.2, -0.15) is 0 Å². The van der Waals surface area contributed by atoms with E-state index in [-0.39, 0.29) is 6.04 Å². The summed E-state index contributed by atoms with van der Waals surface area (Å²) < 4.78 is 7.18. The molecule has 2 aliphatic heterocycles. The first-order chi connectivity index (χ1) is 51.6. The number of imidazole rings is 3. The Morgan fingerprint density at radius 3 is 1.10 bits per heavy atom. The SMILES string of the molecule is CCCn1c(C2CCCCC2)nc(-c2ccc(Cl)c(Cl)c2)c1-c1ccnc(NC2CC2)n1.CCCn1c(C2CCN(C)CC2)nc(-c2ccc(Cl)c(Cl)c2)c1-c1ccnc(NC2CCCCC2)n1.CCCn1c(C2CCN(C)CC2)nc(-c2ccc(Cl)c(Cl)c2)c1-c1ccnc(N[C@@H](C)c2ccccc2)n1. The Morgan fingerprint density at radius 2 is 0.736 bits per heavy atom. The number of anilines is 3. The molecule has 17 nitrogen and oxygen atoms in total. The standard InChI is InChI=1S/C30H34Cl2N6.C28H36Cl2N6.C25H29Cl2N5/c1-4-16-38-28(26-12-15-33-30(35-26)34-20(2)21-8-6-5-7-9-21)27(23-10-11-24(31)25(32)19-23)36-29(38)22-13-17-37(3)18-14-22;1-3-15-36-26(24-11-14-31-28(33-24)32-21-7-5-4-6-8-21)25(20-9-10-22(29)23(30)18-20)34-27(36)19-12-16-35(2)17-13-19;1-2-14-32-23(21-12-13-28-25(30-21)29-18-9-10-18)22(17-8-11-19(26)20(27)15-17)31-24(32)16-6-4-3-5-7-16/h5-12,15,19-20,22H,4,13-14,16-18H2,1-3H3,(H,33,34,35);9-11,14,18-19,21H,3-8,12-13,15-17H2,1-2H3,(H,31,32,33);8,11-13,15-16,18H,2-7,9-10,14H2,1H3,(H,28,29,30)/t20-;;/m0../s1. The number of halogens is 6. The predicted molar refractivity (Wildman–Crippen MR) is 437 cm³/mol. The van der Waals surface area contributed by atoms with Crippen molar-refractivity contribution in [2.24, 2.45) is 0 Å². The van der Waals surface area contributed by atoms with Crippen molar-refractivity contribution in [1.82, 2.24) is 68.4 Å². The quantitative estimate of drug-likeness (QED) is 0.0585. The molecule has 106 heavy (non-hydrogen) atoms. The van der Waals surface area contributed by atoms with E-state index in [0.29, 0.717) is 77.8 Å². The lowest BCUT2D eigenvalue weighted by molar-refractivity contribution is 0.248. The minimum atomic E-state index is 0.0661. The smallest absolute Gasteiger partial charge is 0.223 e. The second-order valence-electron chi connectivity index (χ2n) is 29.3. The first-order valence-corrected chi connectivity index (χ1v) is 40.8. The number of hydrogen-bond acceptors (Lipinski definition) is 14. The third-order valence-corrected chi connectivity index (χ3v) is 23.5. The van der Waals surface area contributed by atoms with E-state index in [1.165, 1.54) is 88.4 Å². The van der Waals surface area contributed by atoms with E-state index in [0.717, 1.165) is 170 Å². The van der Waals surface area contributed by atoms with Crippen LogP contribution in [0.4, 0.5) is 17.8 Å². The molecule has 3 saturated carbocycles. The van der Waals surface area contributed by atoms with Crippen molar-refractivity contribution in [2.45, 2.75) is 205 Å². The molecular weight excluding hydrogens is 1450 g/mol. The molecule has 5 aliphatic rings. The number of nitrogens with one attached hydrogen (secondary N) is 3. The fraction of sp³-hybridized carbons (Fsp3) is 0.458. The molecule has 10 aromatic rings. The molecule has 15 rings (SSSR count). The molecule has 4 aromatic carbocycles. The van der Waals surface area contributed by atoms with Crippen molar-refractivity contribution in [2.75, 3.05) is 56.2 Å². The zero-order valence-electron chi connectivity index (χ0n) is 61.9. The summed E-state index contributed by atoms with van der Waals surface area (Å²) in [6.45, 7) is 15.7. The van der Waals surface area contributed by atoms with Crippen LogP contribution in [0, 0.1) is 0 Å². The van der Waals surface area contributed by atoms with Crippen LogP contribution in [0.15, 0.2) is 122 Å². The van der Waals surface area contributed by atoms with Crippen LogP contribution in [-0.2, 0) is 19.6 Å². The van der Waals surface area contributed by atoms with Gasteiger partial charge < -0.3 is 39.5 Å². The van der Waals surface area contributed by atoms with E-state index in [9.17, 15) is 0 Å². The van der Waals surface area contributed by atoms with Gasteiger partial charge in [0.15, 0.2) is 0 Å². The predicted octanol–water partition coefficient (Wildman–Crippen LogP) is 22.3. The van der Waals surface area contributed by atoms with Crippen molar-refractivity contribution in [1.29, 1.82) is 0 Å². The van der Waals surface area contributed by atoms with Gasteiger partial charge >= 0.3 is 0 Å². The molecule has 0 bridgehead atoms. The van der Waals surface area contributed by atoms with Crippen LogP contribution in [0.5, 0.6) is 0 Å². The Kier molecular flexibility index (Phi) is 26.4. The number of piperidine rings is 2. The largest absolute Gasteiger partial charge is 0.351 e. The maximum atomic E-state index is 6.47. The fourth-order valence-corrected chi connectivity index (χ4v) is 16.3. The summed E-state index contributed by atoms with van der Waals surface area (Å²) in [4.78, 5) is 49.1. The maximum Gasteiger partial charge on any atom is 0.223 e. The first-order valence-electron chi connectivity index (χ1n) is 38.5. The van der Waals surface area contributed by atoms with E-state index in [4.69, 9.17) is 99.5 Å². The van der Waals surface area contributed by atoms with Gasteiger partial charge in [-0.3, -0.25) is 0 Å². The number of hydrogen-bond donors (Lipinski definition) is 3. The second kappa shape index (κ2) is 36.3. The van der Waals surface area contributed by atoms with E-state index in [1.807, 2.05) is 110 Å². The van der Waals surface area contributed by atoms with Crippen molar-refractivity contribution in [3.05, 3.63) is 175 Å². The normalized spacial score (nSPS) is 16.8. The lowest BCUT2D eigenvalue weighted by atomic mass is 9.88. The lowest BCUT2D eigenvalue weighted by Gasteiger charge is -2.29. The Balaban J connectivity index is 0.000000141. The average molecular weight is 1550 g/mol. The van der Waals surface area contributed by atoms with Crippen LogP contribution in [0.25, 0.3) is 67.9 Å². The van der Waals surface area contributed by atoms with Gasteiger partial charge in [-0.15, -0.1) is 0 Å². The highest BCUT2D eigenvalue weighted by molar-refractivity contribution is 6.43. The van der Waals surface area contributed by atoms with Crippen LogP contribution in [0.1, 0.15) is 197 Å². The van der Waals surface area contributed by atoms with Crippen LogP contribution in [0.3, 0.4) is 0 Å². The number of benzene rings is 4. The number of aromatic nitrogens is 12. The fourth-order valence-electron chi connectivity index (χ4n) is 15.4. The van der Waals surface area contributed by atoms with Crippen LogP contribution >= 0.6 is 69.6 Å². The van der Waals surface area contributed by atoms with Gasteiger partial charge in [-0.05, 0) is 191 Å². The molecule has 0 spiro atoms. The summed E-state index contributed by atoms with van der Waals surface area (Å²) in [5, 5.41) is 13.7. The molecule has 0 amide bonds. The third kappa shape index (κ3) is 18.7. The van der Waals surface area contributed by atoms with E-state index >= 15 is 0 Å². The zero-order chi connectivity index (χ0) is 73.8. The van der Waals surface area contributed by atoms with Gasteiger partial charge in [0, 0.05) is 84.8 Å².